The van der Waals surface area contributed by atoms with Gasteiger partial charge in [0.2, 0.25) is 5.91 Å². The molecule has 3 aromatic heterocycles. The molecule has 3 aromatic rings. The highest BCUT2D eigenvalue weighted by molar-refractivity contribution is 7.16. The summed E-state index contributed by atoms with van der Waals surface area (Å²) in [6.07, 6.45) is 6.91. The first-order valence-corrected chi connectivity index (χ1v) is 12.6. The van der Waals surface area contributed by atoms with Crippen LogP contribution in [0.25, 0.3) is 6.08 Å². The monoisotopic (exact) mass is 495 g/mol. The summed E-state index contributed by atoms with van der Waals surface area (Å²) in [5.41, 5.74) is 3.36. The van der Waals surface area contributed by atoms with Crippen LogP contribution in [0.3, 0.4) is 0 Å². The molecular formula is C24H25N5O3S2. The molecule has 1 aliphatic rings. The Morgan fingerprint density at radius 2 is 2.29 bits per heavy atom. The van der Waals surface area contributed by atoms with Crippen molar-refractivity contribution in [2.75, 3.05) is 11.9 Å². The van der Waals surface area contributed by atoms with Gasteiger partial charge in [0.15, 0.2) is 0 Å². The predicted octanol–water partition coefficient (Wildman–Crippen LogP) is 4.41. The molecule has 0 aliphatic heterocycles. The standard InChI is InChI=1S/C24H25N5O3S2/c1-15-17(13-29(2)28-15)12-26-24(31)32-14-16-5-7-19-20(11-25)23(34-21(19)10-16)27-22(30)8-6-18-4-3-9-33-18/h3-4,6,8-9,13,16H,5,7,10,12,14H2,1-2H3,(H,26,31)(H,27,30). The van der Waals surface area contributed by atoms with Crippen LogP contribution in [0.4, 0.5) is 9.80 Å². The third-order valence-electron chi connectivity index (χ3n) is 5.65. The van der Waals surface area contributed by atoms with E-state index in [4.69, 9.17) is 4.74 Å². The number of hydrogen-bond donors (Lipinski definition) is 2. The summed E-state index contributed by atoms with van der Waals surface area (Å²) in [6.45, 7) is 2.57. The van der Waals surface area contributed by atoms with E-state index in [2.05, 4.69) is 21.8 Å². The zero-order valence-corrected chi connectivity index (χ0v) is 20.6. The molecule has 0 saturated carbocycles. The van der Waals surface area contributed by atoms with Crippen LogP contribution in [0, 0.1) is 24.2 Å². The summed E-state index contributed by atoms with van der Waals surface area (Å²) < 4.78 is 7.16. The van der Waals surface area contributed by atoms with Gasteiger partial charge in [-0.05, 0) is 55.2 Å². The van der Waals surface area contributed by atoms with Gasteiger partial charge in [0, 0.05) is 41.2 Å². The minimum absolute atomic E-state index is 0.172. The average Bonchev–Trinajstić information content (AvgIpc) is 3.53. The minimum atomic E-state index is -0.455. The third kappa shape index (κ3) is 5.73. The van der Waals surface area contributed by atoms with Gasteiger partial charge in [-0.1, -0.05) is 6.07 Å². The van der Waals surface area contributed by atoms with E-state index in [1.54, 1.807) is 22.1 Å². The minimum Gasteiger partial charge on any atom is -0.449 e. The van der Waals surface area contributed by atoms with Gasteiger partial charge in [-0.25, -0.2) is 4.79 Å². The van der Waals surface area contributed by atoms with Crippen LogP contribution in [0.1, 0.15) is 38.6 Å². The van der Waals surface area contributed by atoms with Gasteiger partial charge in [-0.2, -0.15) is 10.4 Å². The van der Waals surface area contributed by atoms with E-state index in [-0.39, 0.29) is 11.8 Å². The molecule has 0 fully saturated rings. The highest BCUT2D eigenvalue weighted by Crippen LogP contribution is 2.39. The Kier molecular flexibility index (Phi) is 7.45. The first kappa shape index (κ1) is 23.7. The van der Waals surface area contributed by atoms with Gasteiger partial charge < -0.3 is 15.4 Å². The summed E-state index contributed by atoms with van der Waals surface area (Å²) in [5.74, 6) is -0.0882. The predicted molar refractivity (Wildman–Crippen MR) is 133 cm³/mol. The van der Waals surface area contributed by atoms with E-state index in [9.17, 15) is 14.9 Å². The molecule has 2 N–H and O–H groups in total. The van der Waals surface area contributed by atoms with Crippen LogP contribution in [0.5, 0.6) is 0 Å². The number of nitrogens with zero attached hydrogens (tertiary/aromatic N) is 3. The lowest BCUT2D eigenvalue weighted by molar-refractivity contribution is -0.111. The number of aryl methyl sites for hydroxylation is 2. The summed E-state index contributed by atoms with van der Waals surface area (Å²) >= 11 is 2.99. The highest BCUT2D eigenvalue weighted by atomic mass is 32.1. The number of amides is 2. The number of thiophene rings is 2. The van der Waals surface area contributed by atoms with Crippen molar-refractivity contribution in [1.29, 1.82) is 5.26 Å². The van der Waals surface area contributed by atoms with Crippen LogP contribution in [-0.4, -0.2) is 28.4 Å². The van der Waals surface area contributed by atoms with Gasteiger partial charge in [-0.3, -0.25) is 9.48 Å². The van der Waals surface area contributed by atoms with Gasteiger partial charge in [0.05, 0.1) is 17.9 Å². The molecule has 34 heavy (non-hydrogen) atoms. The van der Waals surface area contributed by atoms with Crippen molar-refractivity contribution in [3.63, 3.8) is 0 Å². The number of rotatable bonds is 7. The summed E-state index contributed by atoms with van der Waals surface area (Å²) in [7, 11) is 1.84. The molecular weight excluding hydrogens is 470 g/mol. The quantitative estimate of drug-likeness (QED) is 0.472. The zero-order valence-electron chi connectivity index (χ0n) is 19.0. The molecule has 176 valence electrons. The second-order valence-electron chi connectivity index (χ2n) is 8.13. The van der Waals surface area contributed by atoms with Crippen molar-refractivity contribution < 1.29 is 14.3 Å². The SMILES string of the molecule is Cc1nn(C)cc1CNC(=O)OCC1CCc2c(sc(NC(=O)C=Cc3cccs3)c2C#N)C1. The molecule has 0 saturated heterocycles. The van der Waals surface area contributed by atoms with Crippen molar-refractivity contribution in [3.05, 3.63) is 61.9 Å². The van der Waals surface area contributed by atoms with E-state index < -0.39 is 6.09 Å². The number of fused-ring (bicyclic) bond motifs is 1. The number of nitriles is 1. The van der Waals surface area contributed by atoms with Crippen molar-refractivity contribution >= 4 is 45.8 Å². The van der Waals surface area contributed by atoms with Crippen molar-refractivity contribution in [1.82, 2.24) is 15.1 Å². The molecule has 0 radical (unpaired) electrons. The van der Waals surface area contributed by atoms with E-state index >= 15 is 0 Å². The fraction of sp³-hybridized carbons (Fsp3) is 0.333. The Balaban J connectivity index is 1.31. The molecule has 0 spiro atoms. The number of carbonyl (C=O) groups is 2. The second kappa shape index (κ2) is 10.7. The first-order chi connectivity index (χ1) is 16.4. The molecule has 3 heterocycles. The Labute approximate surface area is 205 Å². The van der Waals surface area contributed by atoms with Crippen molar-refractivity contribution in [3.8, 4) is 6.07 Å². The molecule has 0 aromatic carbocycles. The molecule has 0 bridgehead atoms. The molecule has 10 heteroatoms. The number of alkyl carbamates (subject to hydrolysis) is 1. The van der Waals surface area contributed by atoms with Gasteiger partial charge in [0.1, 0.15) is 11.1 Å². The maximum absolute atomic E-state index is 12.4. The summed E-state index contributed by atoms with van der Waals surface area (Å²) in [6, 6.07) is 6.11. The fourth-order valence-electron chi connectivity index (χ4n) is 3.93. The number of ether oxygens (including phenoxy) is 1. The Hall–Kier alpha value is -3.42. The summed E-state index contributed by atoms with van der Waals surface area (Å²) in [5, 5.41) is 22.1. The van der Waals surface area contributed by atoms with Crippen molar-refractivity contribution in [2.24, 2.45) is 13.0 Å². The lowest BCUT2D eigenvalue weighted by Crippen LogP contribution is -2.27. The zero-order chi connectivity index (χ0) is 24.1. The molecule has 1 aliphatic carbocycles. The molecule has 2 amide bonds. The van der Waals surface area contributed by atoms with Crippen LogP contribution in [0.2, 0.25) is 0 Å². The van der Waals surface area contributed by atoms with E-state index in [1.807, 2.05) is 37.7 Å². The maximum Gasteiger partial charge on any atom is 0.407 e. The molecule has 1 atom stereocenters. The number of carbonyl (C=O) groups excluding carboxylic acids is 2. The van der Waals surface area contributed by atoms with Gasteiger partial charge in [0.25, 0.3) is 0 Å². The topological polar surface area (TPSA) is 109 Å². The molecule has 4 rings (SSSR count). The van der Waals surface area contributed by atoms with E-state index in [0.29, 0.717) is 30.1 Å². The number of aromatic nitrogens is 2. The van der Waals surface area contributed by atoms with Gasteiger partial charge >= 0.3 is 6.09 Å². The Morgan fingerprint density at radius 3 is 3.00 bits per heavy atom. The van der Waals surface area contributed by atoms with E-state index in [0.717, 1.165) is 39.4 Å². The lowest BCUT2D eigenvalue weighted by Gasteiger charge is -2.21. The normalized spacial score (nSPS) is 15.0. The van der Waals surface area contributed by atoms with Crippen LogP contribution in [0.15, 0.2) is 29.8 Å². The van der Waals surface area contributed by atoms with Crippen LogP contribution >= 0.6 is 22.7 Å². The smallest absolute Gasteiger partial charge is 0.407 e. The molecule has 8 nitrogen and oxygen atoms in total. The van der Waals surface area contributed by atoms with E-state index in [1.165, 1.54) is 17.4 Å². The molecule has 1 unspecified atom stereocenters. The first-order valence-electron chi connectivity index (χ1n) is 10.9. The van der Waals surface area contributed by atoms with Crippen molar-refractivity contribution in [2.45, 2.75) is 32.7 Å². The Bertz CT molecular complexity index is 1250. The second-order valence-corrected chi connectivity index (χ2v) is 10.2. The third-order valence-corrected chi connectivity index (χ3v) is 7.65. The average molecular weight is 496 g/mol. The number of nitrogens with one attached hydrogen (secondary N) is 2. The fourth-order valence-corrected chi connectivity index (χ4v) is 5.87. The lowest BCUT2D eigenvalue weighted by atomic mass is 9.88. The number of anilines is 1. The van der Waals surface area contributed by atoms with Gasteiger partial charge in [-0.15, -0.1) is 22.7 Å². The summed E-state index contributed by atoms with van der Waals surface area (Å²) in [4.78, 5) is 26.6. The number of hydrogen-bond acceptors (Lipinski definition) is 7. The van der Waals surface area contributed by atoms with Crippen LogP contribution < -0.4 is 10.6 Å². The Morgan fingerprint density at radius 1 is 1.44 bits per heavy atom. The maximum atomic E-state index is 12.4. The largest absolute Gasteiger partial charge is 0.449 e. The van der Waals surface area contributed by atoms with Crippen LogP contribution in [-0.2, 0) is 36.0 Å². The highest BCUT2D eigenvalue weighted by Gasteiger charge is 2.27.